The van der Waals surface area contributed by atoms with Gasteiger partial charge in [-0.25, -0.2) is 8.78 Å². The molecule has 0 saturated heterocycles. The van der Waals surface area contributed by atoms with E-state index >= 15 is 0 Å². The van der Waals surface area contributed by atoms with Gasteiger partial charge in [0, 0.05) is 23.0 Å². The Morgan fingerprint density at radius 1 is 1.05 bits per heavy atom. The molecule has 0 unspecified atom stereocenters. The fourth-order valence-electron chi connectivity index (χ4n) is 2.92. The second kappa shape index (κ2) is 5.41. The maximum Gasteiger partial charge on any atom is 0.160 e. The molecule has 0 bridgehead atoms. The van der Waals surface area contributed by atoms with Crippen molar-refractivity contribution in [3.63, 3.8) is 0 Å². The van der Waals surface area contributed by atoms with Crippen LogP contribution in [0.15, 0.2) is 47.5 Å². The van der Waals surface area contributed by atoms with Gasteiger partial charge in [-0.05, 0) is 60.3 Å². The first-order valence-electron chi connectivity index (χ1n) is 7.18. The van der Waals surface area contributed by atoms with Crippen molar-refractivity contribution in [2.24, 2.45) is 0 Å². The van der Waals surface area contributed by atoms with Gasteiger partial charge in [-0.1, -0.05) is 12.1 Å². The molecule has 2 heterocycles. The van der Waals surface area contributed by atoms with Gasteiger partial charge in [0.05, 0.1) is 5.52 Å². The number of rotatable bonds is 2. The third kappa shape index (κ3) is 2.30. The predicted octanol–water partition coefficient (Wildman–Crippen LogP) is 4.12. The Labute approximate surface area is 131 Å². The highest BCUT2D eigenvalue weighted by Crippen LogP contribution is 2.33. The van der Waals surface area contributed by atoms with Crippen LogP contribution < -0.4 is 5.32 Å². The minimum atomic E-state index is -0.815. The first-order chi connectivity index (χ1) is 10.7. The summed E-state index contributed by atoms with van der Waals surface area (Å²) in [6, 6.07) is 10.3. The smallest absolute Gasteiger partial charge is 0.160 e. The molecule has 0 atom stereocenters. The third-order valence-electron chi connectivity index (χ3n) is 3.94. The SMILES string of the molecule is Fc1ccc(Sn2cc3c4c(cccc42)CNCC3)cc1F. The van der Waals surface area contributed by atoms with Gasteiger partial charge in [-0.3, -0.25) is 3.97 Å². The van der Waals surface area contributed by atoms with Crippen LogP contribution in [0.3, 0.4) is 0 Å². The molecule has 0 saturated carbocycles. The lowest BCUT2D eigenvalue weighted by atomic mass is 10.1. The number of benzene rings is 2. The summed E-state index contributed by atoms with van der Waals surface area (Å²) in [5, 5.41) is 4.70. The van der Waals surface area contributed by atoms with Crippen LogP contribution in [0.25, 0.3) is 10.9 Å². The summed E-state index contributed by atoms with van der Waals surface area (Å²) in [5.74, 6) is -1.63. The molecule has 1 aromatic heterocycles. The van der Waals surface area contributed by atoms with Crippen LogP contribution in [-0.4, -0.2) is 10.5 Å². The van der Waals surface area contributed by atoms with Crippen molar-refractivity contribution in [2.45, 2.75) is 17.9 Å². The predicted molar refractivity (Wildman–Crippen MR) is 85.0 cm³/mol. The molecule has 0 aliphatic carbocycles. The fraction of sp³-hybridized carbons (Fsp3) is 0.176. The molecule has 22 heavy (non-hydrogen) atoms. The lowest BCUT2D eigenvalue weighted by Crippen LogP contribution is -2.13. The molecule has 1 aliphatic rings. The summed E-state index contributed by atoms with van der Waals surface area (Å²) < 4.78 is 28.5. The van der Waals surface area contributed by atoms with Gasteiger partial charge in [0.15, 0.2) is 11.6 Å². The molecule has 5 heteroatoms. The van der Waals surface area contributed by atoms with E-state index in [4.69, 9.17) is 0 Å². The first-order valence-corrected chi connectivity index (χ1v) is 7.95. The largest absolute Gasteiger partial charge is 0.312 e. The van der Waals surface area contributed by atoms with Crippen molar-refractivity contribution in [3.8, 4) is 0 Å². The number of hydrogen-bond acceptors (Lipinski definition) is 2. The second-order valence-electron chi connectivity index (χ2n) is 5.39. The number of nitrogens with one attached hydrogen (secondary N) is 1. The maximum atomic E-state index is 13.4. The van der Waals surface area contributed by atoms with E-state index in [1.54, 1.807) is 6.07 Å². The van der Waals surface area contributed by atoms with Crippen molar-refractivity contribution in [3.05, 3.63) is 65.4 Å². The van der Waals surface area contributed by atoms with Gasteiger partial charge in [-0.2, -0.15) is 0 Å². The van der Waals surface area contributed by atoms with Crippen molar-refractivity contribution >= 4 is 22.9 Å². The highest BCUT2D eigenvalue weighted by molar-refractivity contribution is 7.98. The van der Waals surface area contributed by atoms with Gasteiger partial charge >= 0.3 is 0 Å². The maximum absolute atomic E-state index is 13.4. The van der Waals surface area contributed by atoms with Crippen LogP contribution in [-0.2, 0) is 13.0 Å². The van der Waals surface area contributed by atoms with E-state index < -0.39 is 11.6 Å². The normalized spacial score (nSPS) is 14.3. The number of nitrogens with zero attached hydrogens (tertiary/aromatic N) is 1. The monoisotopic (exact) mass is 316 g/mol. The average molecular weight is 316 g/mol. The average Bonchev–Trinajstić information content (AvgIpc) is 2.73. The molecule has 0 fully saturated rings. The Hall–Kier alpha value is -1.85. The number of aromatic nitrogens is 1. The van der Waals surface area contributed by atoms with Crippen molar-refractivity contribution < 1.29 is 8.78 Å². The van der Waals surface area contributed by atoms with E-state index in [1.807, 2.05) is 10.0 Å². The Morgan fingerprint density at radius 2 is 1.95 bits per heavy atom. The summed E-state index contributed by atoms with van der Waals surface area (Å²) in [7, 11) is 0. The van der Waals surface area contributed by atoms with E-state index in [1.165, 1.54) is 40.6 Å². The summed E-state index contributed by atoms with van der Waals surface area (Å²) >= 11 is 1.41. The lowest BCUT2D eigenvalue weighted by Gasteiger charge is -2.07. The summed E-state index contributed by atoms with van der Waals surface area (Å²) in [6.45, 7) is 1.81. The zero-order chi connectivity index (χ0) is 15.1. The first kappa shape index (κ1) is 13.8. The summed E-state index contributed by atoms with van der Waals surface area (Å²) in [5.41, 5.74) is 3.70. The molecule has 0 spiro atoms. The number of halogens is 2. The van der Waals surface area contributed by atoms with E-state index in [2.05, 4.69) is 23.6 Å². The minimum absolute atomic E-state index is 0.683. The quantitative estimate of drug-likeness (QED) is 0.766. The highest BCUT2D eigenvalue weighted by atomic mass is 32.2. The van der Waals surface area contributed by atoms with Crippen LogP contribution in [0.4, 0.5) is 8.78 Å². The Bertz CT molecular complexity index is 857. The zero-order valence-electron chi connectivity index (χ0n) is 11.8. The van der Waals surface area contributed by atoms with E-state index in [0.29, 0.717) is 4.90 Å². The standard InChI is InChI=1S/C17H14F2N2S/c18-14-5-4-13(8-15(14)19)22-21-10-12-6-7-20-9-11-2-1-3-16(21)17(11)12/h1-5,8,10,20H,6-7,9H2. The molecule has 2 nitrogen and oxygen atoms in total. The zero-order valence-corrected chi connectivity index (χ0v) is 12.6. The minimum Gasteiger partial charge on any atom is -0.312 e. The van der Waals surface area contributed by atoms with E-state index in [-0.39, 0.29) is 0 Å². The molecular formula is C17H14F2N2S. The number of hydrogen-bond donors (Lipinski definition) is 1. The van der Waals surface area contributed by atoms with Gasteiger partial charge in [0.2, 0.25) is 0 Å². The van der Waals surface area contributed by atoms with Crippen molar-refractivity contribution in [2.75, 3.05) is 6.54 Å². The fourth-order valence-corrected chi connectivity index (χ4v) is 3.86. The van der Waals surface area contributed by atoms with Crippen LogP contribution in [0.5, 0.6) is 0 Å². The molecule has 1 aliphatic heterocycles. The van der Waals surface area contributed by atoms with Crippen LogP contribution >= 0.6 is 11.9 Å². The van der Waals surface area contributed by atoms with Gasteiger partial charge in [0.25, 0.3) is 0 Å². The van der Waals surface area contributed by atoms with Crippen LogP contribution in [0.2, 0.25) is 0 Å². The van der Waals surface area contributed by atoms with Crippen LogP contribution in [0.1, 0.15) is 11.1 Å². The van der Waals surface area contributed by atoms with E-state index in [0.717, 1.165) is 25.0 Å². The highest BCUT2D eigenvalue weighted by Gasteiger charge is 2.15. The molecule has 0 radical (unpaired) electrons. The Balaban J connectivity index is 1.80. The van der Waals surface area contributed by atoms with Gasteiger partial charge < -0.3 is 5.32 Å². The molecular weight excluding hydrogens is 302 g/mol. The second-order valence-corrected chi connectivity index (χ2v) is 6.43. The molecule has 4 rings (SSSR count). The summed E-state index contributed by atoms with van der Waals surface area (Å²) in [6.07, 6.45) is 3.08. The Morgan fingerprint density at radius 3 is 2.82 bits per heavy atom. The summed E-state index contributed by atoms with van der Waals surface area (Å²) in [4.78, 5) is 0.683. The molecule has 1 N–H and O–H groups in total. The molecule has 112 valence electrons. The van der Waals surface area contributed by atoms with Gasteiger partial charge in [-0.15, -0.1) is 0 Å². The van der Waals surface area contributed by atoms with Crippen molar-refractivity contribution in [1.82, 2.24) is 9.29 Å². The molecule has 3 aromatic rings. The van der Waals surface area contributed by atoms with Crippen LogP contribution in [0, 0.1) is 11.6 Å². The van der Waals surface area contributed by atoms with Crippen molar-refractivity contribution in [1.29, 1.82) is 0 Å². The molecule has 2 aromatic carbocycles. The van der Waals surface area contributed by atoms with E-state index in [9.17, 15) is 8.78 Å². The lowest BCUT2D eigenvalue weighted by molar-refractivity contribution is 0.506. The Kier molecular flexibility index (Phi) is 3.39. The third-order valence-corrected chi connectivity index (χ3v) is 4.91. The molecule has 0 amide bonds. The van der Waals surface area contributed by atoms with Gasteiger partial charge in [0.1, 0.15) is 0 Å². The topological polar surface area (TPSA) is 17.0 Å².